The molecule has 5 nitrogen and oxygen atoms in total. The molecule has 3 aromatic rings. The number of esters is 1. The second kappa shape index (κ2) is 10.9. The van der Waals surface area contributed by atoms with Crippen LogP contribution in [0.1, 0.15) is 47.8 Å². The molecule has 1 unspecified atom stereocenters. The van der Waals surface area contributed by atoms with Crippen molar-refractivity contribution in [1.29, 1.82) is 0 Å². The summed E-state index contributed by atoms with van der Waals surface area (Å²) in [6, 6.07) is 15.7. The van der Waals surface area contributed by atoms with Crippen molar-refractivity contribution < 1.29 is 35.9 Å². The average molecular weight is 524 g/mol. The standard InChI is InChI=1S/C26H25F4NO4S/c1-25(2,3)35-24(32)19-9-7-17(8-10-19)15-31(36(33)34)16-18-5-4-6-20(13-18)21-11-12-22(23(27)14-21)26(28,29)30/h4-14H,15-16H2,1-3H3,(H,33,34). The quantitative estimate of drug-likeness (QED) is 0.215. The van der Waals surface area contributed by atoms with Crippen molar-refractivity contribution in [2.75, 3.05) is 0 Å². The Hall–Kier alpha value is -3.08. The van der Waals surface area contributed by atoms with Gasteiger partial charge in [0, 0.05) is 13.1 Å². The summed E-state index contributed by atoms with van der Waals surface area (Å²) in [5.41, 5.74) is 0.346. The maximum absolute atomic E-state index is 14.0. The lowest BCUT2D eigenvalue weighted by molar-refractivity contribution is -0.139. The Bertz CT molecular complexity index is 1250. The fourth-order valence-electron chi connectivity index (χ4n) is 3.43. The van der Waals surface area contributed by atoms with Crippen molar-refractivity contribution in [2.45, 2.75) is 45.6 Å². The lowest BCUT2D eigenvalue weighted by Crippen LogP contribution is -2.25. The molecule has 0 heterocycles. The van der Waals surface area contributed by atoms with Gasteiger partial charge in [0.25, 0.3) is 0 Å². The molecule has 0 spiro atoms. The van der Waals surface area contributed by atoms with E-state index in [0.717, 1.165) is 6.07 Å². The van der Waals surface area contributed by atoms with E-state index in [4.69, 9.17) is 4.74 Å². The second-order valence-corrected chi connectivity index (χ2v) is 10.1. The number of hydrogen-bond acceptors (Lipinski definition) is 3. The van der Waals surface area contributed by atoms with Gasteiger partial charge in [-0.15, -0.1) is 0 Å². The van der Waals surface area contributed by atoms with E-state index in [1.807, 2.05) is 0 Å². The highest BCUT2D eigenvalue weighted by atomic mass is 32.2. The molecule has 1 atom stereocenters. The van der Waals surface area contributed by atoms with Gasteiger partial charge in [-0.2, -0.15) is 17.5 Å². The molecule has 0 aliphatic rings. The summed E-state index contributed by atoms with van der Waals surface area (Å²) in [7, 11) is 0. The van der Waals surface area contributed by atoms with Crippen LogP contribution in [0.4, 0.5) is 17.6 Å². The van der Waals surface area contributed by atoms with Gasteiger partial charge in [-0.3, -0.25) is 4.55 Å². The van der Waals surface area contributed by atoms with E-state index in [0.29, 0.717) is 28.3 Å². The van der Waals surface area contributed by atoms with E-state index in [2.05, 4.69) is 0 Å². The van der Waals surface area contributed by atoms with Gasteiger partial charge in [0.15, 0.2) is 0 Å². The Morgan fingerprint density at radius 1 is 0.917 bits per heavy atom. The third kappa shape index (κ3) is 7.46. The van der Waals surface area contributed by atoms with E-state index in [-0.39, 0.29) is 18.7 Å². The summed E-state index contributed by atoms with van der Waals surface area (Å²) in [5, 5.41) is 0. The van der Waals surface area contributed by atoms with Crippen LogP contribution in [0.25, 0.3) is 11.1 Å². The minimum absolute atomic E-state index is 0.0356. The van der Waals surface area contributed by atoms with Crippen LogP contribution < -0.4 is 0 Å². The molecule has 0 radical (unpaired) electrons. The predicted molar refractivity (Wildman–Crippen MR) is 128 cm³/mol. The van der Waals surface area contributed by atoms with Crippen LogP contribution in [0.2, 0.25) is 0 Å². The first-order valence-corrected chi connectivity index (χ1v) is 11.9. The van der Waals surface area contributed by atoms with Crippen molar-refractivity contribution in [2.24, 2.45) is 0 Å². The summed E-state index contributed by atoms with van der Waals surface area (Å²) in [4.78, 5) is 12.2. The number of nitrogens with zero attached hydrogens (tertiary/aromatic N) is 1. The fraction of sp³-hybridized carbons (Fsp3) is 0.269. The van der Waals surface area contributed by atoms with Crippen LogP contribution in [0.3, 0.4) is 0 Å². The Morgan fingerprint density at radius 3 is 2.08 bits per heavy atom. The molecule has 1 N–H and O–H groups in total. The number of carbonyl (C=O) groups excluding carboxylic acids is 1. The van der Waals surface area contributed by atoms with E-state index in [9.17, 15) is 31.1 Å². The van der Waals surface area contributed by atoms with Gasteiger partial charge in [-0.1, -0.05) is 36.4 Å². The zero-order chi connectivity index (χ0) is 26.7. The molecule has 192 valence electrons. The summed E-state index contributed by atoms with van der Waals surface area (Å²) < 4.78 is 80.9. The maximum atomic E-state index is 14.0. The number of halogens is 4. The minimum Gasteiger partial charge on any atom is -0.456 e. The third-order valence-corrected chi connectivity index (χ3v) is 5.76. The van der Waals surface area contributed by atoms with Gasteiger partial charge >= 0.3 is 12.1 Å². The predicted octanol–water partition coefficient (Wildman–Crippen LogP) is 6.61. The maximum Gasteiger partial charge on any atom is 0.419 e. The van der Waals surface area contributed by atoms with E-state index >= 15 is 0 Å². The second-order valence-electron chi connectivity index (χ2n) is 9.12. The van der Waals surface area contributed by atoms with Crippen molar-refractivity contribution >= 4 is 17.2 Å². The van der Waals surface area contributed by atoms with Crippen LogP contribution in [-0.2, 0) is 35.3 Å². The number of carbonyl (C=O) groups is 1. The summed E-state index contributed by atoms with van der Waals surface area (Å²) in [6.45, 7) is 5.40. The van der Waals surface area contributed by atoms with Gasteiger partial charge < -0.3 is 4.74 Å². The highest BCUT2D eigenvalue weighted by Crippen LogP contribution is 2.33. The molecular formula is C26H25F4NO4S. The fourth-order valence-corrected chi connectivity index (χ4v) is 3.95. The SMILES string of the molecule is CC(C)(C)OC(=O)c1ccc(CN(Cc2cccc(-c3ccc(C(F)(F)F)c(F)c3)c2)S(=O)O)cc1. The molecule has 10 heteroatoms. The summed E-state index contributed by atoms with van der Waals surface area (Å²) in [6.07, 6.45) is -4.79. The topological polar surface area (TPSA) is 66.8 Å². The number of alkyl halides is 3. The van der Waals surface area contributed by atoms with Crippen LogP contribution in [0, 0.1) is 5.82 Å². The average Bonchev–Trinajstić information content (AvgIpc) is 2.77. The highest BCUT2D eigenvalue weighted by Gasteiger charge is 2.34. The van der Waals surface area contributed by atoms with Crippen LogP contribution >= 0.6 is 0 Å². The first kappa shape index (κ1) is 27.5. The Morgan fingerprint density at radius 2 is 1.53 bits per heavy atom. The number of rotatable bonds is 7. The van der Waals surface area contributed by atoms with Gasteiger partial charge in [0.2, 0.25) is 11.3 Å². The molecule has 0 aliphatic carbocycles. The van der Waals surface area contributed by atoms with Crippen molar-refractivity contribution in [3.05, 3.63) is 94.8 Å². The number of benzene rings is 3. The largest absolute Gasteiger partial charge is 0.456 e. The molecule has 36 heavy (non-hydrogen) atoms. The Labute approximate surface area is 209 Å². The Balaban J connectivity index is 1.75. The molecule has 3 rings (SSSR count). The van der Waals surface area contributed by atoms with Crippen molar-refractivity contribution in [3.8, 4) is 11.1 Å². The molecule has 0 bridgehead atoms. The number of hydrogen-bond donors (Lipinski definition) is 1. The lowest BCUT2D eigenvalue weighted by Gasteiger charge is -2.20. The molecule has 0 amide bonds. The first-order chi connectivity index (χ1) is 16.7. The number of ether oxygens (including phenoxy) is 1. The molecule has 0 fully saturated rings. The van der Waals surface area contributed by atoms with Crippen LogP contribution in [0.5, 0.6) is 0 Å². The monoisotopic (exact) mass is 523 g/mol. The smallest absolute Gasteiger partial charge is 0.419 e. The first-order valence-electron chi connectivity index (χ1n) is 10.9. The van der Waals surface area contributed by atoms with E-state index < -0.39 is 40.4 Å². The molecule has 0 aliphatic heterocycles. The van der Waals surface area contributed by atoms with Gasteiger partial charge in [0.1, 0.15) is 11.4 Å². The van der Waals surface area contributed by atoms with Gasteiger partial charge in [-0.05, 0) is 73.4 Å². The normalized spacial score (nSPS) is 13.0. The van der Waals surface area contributed by atoms with Crippen molar-refractivity contribution in [3.63, 3.8) is 0 Å². The molecule has 0 aromatic heterocycles. The van der Waals surface area contributed by atoms with E-state index in [1.165, 1.54) is 10.4 Å². The molecule has 0 saturated carbocycles. The van der Waals surface area contributed by atoms with E-state index in [1.54, 1.807) is 69.3 Å². The van der Waals surface area contributed by atoms with Crippen molar-refractivity contribution in [1.82, 2.24) is 4.31 Å². The summed E-state index contributed by atoms with van der Waals surface area (Å²) in [5.74, 6) is -1.86. The minimum atomic E-state index is -4.79. The van der Waals surface area contributed by atoms with Crippen LogP contribution in [0.15, 0.2) is 66.7 Å². The zero-order valence-corrected chi connectivity index (χ0v) is 20.6. The van der Waals surface area contributed by atoms with Gasteiger partial charge in [0.05, 0.1) is 11.1 Å². The summed E-state index contributed by atoms with van der Waals surface area (Å²) >= 11 is -2.34. The Kier molecular flexibility index (Phi) is 8.33. The lowest BCUT2D eigenvalue weighted by atomic mass is 10.0. The third-order valence-electron chi connectivity index (χ3n) is 5.06. The highest BCUT2D eigenvalue weighted by molar-refractivity contribution is 7.76. The molecular weight excluding hydrogens is 498 g/mol. The zero-order valence-electron chi connectivity index (χ0n) is 19.8. The van der Waals surface area contributed by atoms with Gasteiger partial charge in [-0.25, -0.2) is 13.4 Å². The van der Waals surface area contributed by atoms with Crippen LogP contribution in [-0.4, -0.2) is 24.6 Å². The molecule has 0 saturated heterocycles. The molecule has 3 aromatic carbocycles.